The molecule has 1 aliphatic rings. The third kappa shape index (κ3) is 3.72. The summed E-state index contributed by atoms with van der Waals surface area (Å²) in [6, 6.07) is 0.993. The summed E-state index contributed by atoms with van der Waals surface area (Å²) >= 11 is 0. The Hall–Kier alpha value is -1.56. The molecule has 2 rings (SSSR count). The molecule has 3 nitrogen and oxygen atoms in total. The standard InChI is InChI=1S/C14H16F3NO2/c15-10-7-12(17)11(16)5-9(10)6-14(20)18-13(3-4-19)8-1-2-8/h5,7-8,13,19H,1-4,6H2,(H,18,20). The van der Waals surface area contributed by atoms with E-state index >= 15 is 0 Å². The molecule has 1 saturated carbocycles. The summed E-state index contributed by atoms with van der Waals surface area (Å²) in [5.41, 5.74) is -0.181. The summed E-state index contributed by atoms with van der Waals surface area (Å²) in [6.07, 6.45) is 2.07. The smallest absolute Gasteiger partial charge is 0.224 e. The first-order valence-corrected chi connectivity index (χ1v) is 6.55. The normalized spacial score (nSPS) is 16.0. The van der Waals surface area contributed by atoms with E-state index in [2.05, 4.69) is 5.32 Å². The molecule has 1 unspecified atom stereocenters. The number of hydrogen-bond acceptors (Lipinski definition) is 2. The van der Waals surface area contributed by atoms with Crippen molar-refractivity contribution in [2.45, 2.75) is 31.7 Å². The lowest BCUT2D eigenvalue weighted by Crippen LogP contribution is -2.38. The minimum Gasteiger partial charge on any atom is -0.396 e. The first-order chi connectivity index (χ1) is 9.51. The van der Waals surface area contributed by atoms with Crippen molar-refractivity contribution in [1.82, 2.24) is 5.32 Å². The fourth-order valence-electron chi connectivity index (χ4n) is 2.19. The molecule has 2 N–H and O–H groups in total. The van der Waals surface area contributed by atoms with Crippen molar-refractivity contribution in [2.75, 3.05) is 6.61 Å². The molecule has 0 heterocycles. The van der Waals surface area contributed by atoms with Crippen LogP contribution in [-0.4, -0.2) is 23.7 Å². The third-order valence-electron chi connectivity index (χ3n) is 3.42. The summed E-state index contributed by atoms with van der Waals surface area (Å²) in [6.45, 7) is -0.0407. The Bertz CT molecular complexity index is 503. The topological polar surface area (TPSA) is 49.3 Å². The lowest BCUT2D eigenvalue weighted by Gasteiger charge is -2.17. The largest absolute Gasteiger partial charge is 0.396 e. The molecule has 0 aliphatic heterocycles. The number of hydrogen-bond donors (Lipinski definition) is 2. The number of benzene rings is 1. The molecule has 0 radical (unpaired) electrons. The molecule has 1 fully saturated rings. The fourth-order valence-corrected chi connectivity index (χ4v) is 2.19. The minimum absolute atomic E-state index is 0.0407. The predicted molar refractivity (Wildman–Crippen MR) is 66.4 cm³/mol. The van der Waals surface area contributed by atoms with Crippen LogP contribution in [0.3, 0.4) is 0 Å². The van der Waals surface area contributed by atoms with Gasteiger partial charge in [-0.25, -0.2) is 13.2 Å². The molecule has 0 aromatic heterocycles. The second-order valence-corrected chi connectivity index (χ2v) is 5.06. The second kappa shape index (κ2) is 6.26. The van der Waals surface area contributed by atoms with E-state index in [-0.39, 0.29) is 24.6 Å². The van der Waals surface area contributed by atoms with Crippen LogP contribution in [-0.2, 0) is 11.2 Å². The fraction of sp³-hybridized carbons (Fsp3) is 0.500. The molecule has 0 bridgehead atoms. The number of aliphatic hydroxyl groups excluding tert-OH is 1. The molecular formula is C14H16F3NO2. The Morgan fingerprint density at radius 2 is 1.90 bits per heavy atom. The van der Waals surface area contributed by atoms with E-state index in [1.807, 2.05) is 0 Å². The van der Waals surface area contributed by atoms with E-state index in [9.17, 15) is 18.0 Å². The first kappa shape index (κ1) is 14.8. The van der Waals surface area contributed by atoms with Gasteiger partial charge in [0.1, 0.15) is 5.82 Å². The summed E-state index contributed by atoms with van der Waals surface area (Å²) in [4.78, 5) is 11.8. The van der Waals surface area contributed by atoms with Gasteiger partial charge >= 0.3 is 0 Å². The van der Waals surface area contributed by atoms with Crippen LogP contribution in [0.15, 0.2) is 12.1 Å². The lowest BCUT2D eigenvalue weighted by molar-refractivity contribution is -0.121. The van der Waals surface area contributed by atoms with Gasteiger partial charge in [0, 0.05) is 24.3 Å². The predicted octanol–water partition coefficient (Wildman–Crippen LogP) is 1.92. The second-order valence-electron chi connectivity index (χ2n) is 5.06. The SMILES string of the molecule is O=C(Cc1cc(F)c(F)cc1F)NC(CCO)C1CC1. The average molecular weight is 287 g/mol. The zero-order valence-corrected chi connectivity index (χ0v) is 10.8. The molecule has 1 aromatic carbocycles. The van der Waals surface area contributed by atoms with Gasteiger partial charge in [0.15, 0.2) is 11.6 Å². The maximum absolute atomic E-state index is 13.4. The minimum atomic E-state index is -1.28. The third-order valence-corrected chi connectivity index (χ3v) is 3.42. The Morgan fingerprint density at radius 3 is 2.50 bits per heavy atom. The summed E-state index contributed by atoms with van der Waals surface area (Å²) in [5.74, 6) is -3.50. The van der Waals surface area contributed by atoms with E-state index in [0.717, 1.165) is 12.8 Å². The number of amides is 1. The number of aliphatic hydroxyl groups is 1. The molecule has 6 heteroatoms. The van der Waals surface area contributed by atoms with Crippen LogP contribution in [0.4, 0.5) is 13.2 Å². The van der Waals surface area contributed by atoms with Crippen LogP contribution in [0.25, 0.3) is 0 Å². The van der Waals surface area contributed by atoms with E-state index in [1.54, 1.807) is 0 Å². The van der Waals surface area contributed by atoms with Crippen molar-refractivity contribution < 1.29 is 23.1 Å². The van der Waals surface area contributed by atoms with Gasteiger partial charge in [-0.3, -0.25) is 4.79 Å². The van der Waals surface area contributed by atoms with Crippen LogP contribution in [0.1, 0.15) is 24.8 Å². The van der Waals surface area contributed by atoms with Crippen LogP contribution in [0.2, 0.25) is 0 Å². The average Bonchev–Trinajstić information content (AvgIpc) is 3.19. The molecular weight excluding hydrogens is 271 g/mol. The number of carbonyl (C=O) groups is 1. The van der Waals surface area contributed by atoms with E-state index in [0.29, 0.717) is 24.5 Å². The highest BCUT2D eigenvalue weighted by Gasteiger charge is 2.31. The number of carbonyl (C=O) groups excluding carboxylic acids is 1. The van der Waals surface area contributed by atoms with Crippen LogP contribution >= 0.6 is 0 Å². The van der Waals surface area contributed by atoms with Crippen molar-refractivity contribution in [1.29, 1.82) is 0 Å². The van der Waals surface area contributed by atoms with Crippen molar-refractivity contribution in [3.05, 3.63) is 35.1 Å². The Kier molecular flexibility index (Phi) is 4.65. The van der Waals surface area contributed by atoms with Gasteiger partial charge in [0.2, 0.25) is 5.91 Å². The van der Waals surface area contributed by atoms with Crippen molar-refractivity contribution in [2.24, 2.45) is 5.92 Å². The molecule has 1 amide bonds. The maximum Gasteiger partial charge on any atom is 0.224 e. The van der Waals surface area contributed by atoms with Gasteiger partial charge in [0.25, 0.3) is 0 Å². The van der Waals surface area contributed by atoms with Gasteiger partial charge in [-0.15, -0.1) is 0 Å². The highest BCUT2D eigenvalue weighted by Crippen LogP contribution is 2.33. The summed E-state index contributed by atoms with van der Waals surface area (Å²) in [7, 11) is 0. The molecule has 0 saturated heterocycles. The quantitative estimate of drug-likeness (QED) is 0.785. The molecule has 1 aromatic rings. The Labute approximate surface area is 114 Å². The Balaban J connectivity index is 1.98. The number of halogens is 3. The zero-order chi connectivity index (χ0) is 14.7. The molecule has 0 spiro atoms. The van der Waals surface area contributed by atoms with Gasteiger partial charge in [-0.05, 0) is 31.2 Å². The van der Waals surface area contributed by atoms with E-state index < -0.39 is 23.4 Å². The van der Waals surface area contributed by atoms with Gasteiger partial charge in [-0.2, -0.15) is 0 Å². The maximum atomic E-state index is 13.4. The summed E-state index contributed by atoms with van der Waals surface area (Å²) in [5, 5.41) is 11.6. The lowest BCUT2D eigenvalue weighted by atomic mass is 10.1. The van der Waals surface area contributed by atoms with E-state index in [1.165, 1.54) is 0 Å². The van der Waals surface area contributed by atoms with Crippen molar-refractivity contribution in [3.8, 4) is 0 Å². The van der Waals surface area contributed by atoms with E-state index in [4.69, 9.17) is 5.11 Å². The van der Waals surface area contributed by atoms with Gasteiger partial charge in [-0.1, -0.05) is 0 Å². The Morgan fingerprint density at radius 1 is 1.25 bits per heavy atom. The van der Waals surface area contributed by atoms with Crippen LogP contribution in [0.5, 0.6) is 0 Å². The highest BCUT2D eigenvalue weighted by molar-refractivity contribution is 5.79. The molecule has 1 aliphatic carbocycles. The summed E-state index contributed by atoms with van der Waals surface area (Å²) < 4.78 is 39.2. The van der Waals surface area contributed by atoms with Crippen LogP contribution in [0, 0.1) is 23.4 Å². The highest BCUT2D eigenvalue weighted by atomic mass is 19.2. The monoisotopic (exact) mass is 287 g/mol. The van der Waals surface area contributed by atoms with Crippen LogP contribution < -0.4 is 5.32 Å². The first-order valence-electron chi connectivity index (χ1n) is 6.55. The molecule has 110 valence electrons. The number of nitrogens with one attached hydrogen (secondary N) is 1. The number of rotatable bonds is 6. The zero-order valence-electron chi connectivity index (χ0n) is 10.8. The van der Waals surface area contributed by atoms with Gasteiger partial charge in [0.05, 0.1) is 6.42 Å². The molecule has 1 atom stereocenters. The van der Waals surface area contributed by atoms with Crippen molar-refractivity contribution >= 4 is 5.91 Å². The molecule has 20 heavy (non-hydrogen) atoms. The van der Waals surface area contributed by atoms with Crippen molar-refractivity contribution in [3.63, 3.8) is 0 Å². The van der Waals surface area contributed by atoms with Gasteiger partial charge < -0.3 is 10.4 Å².